The number of phenolic OH excluding ortho intramolecular Hbond substituents is 1. The number of ketones is 1. The summed E-state index contributed by atoms with van der Waals surface area (Å²) in [4.78, 5) is 23.3. The molecule has 0 bridgehead atoms. The van der Waals surface area contributed by atoms with Gasteiger partial charge < -0.3 is 10.2 Å². The summed E-state index contributed by atoms with van der Waals surface area (Å²) in [7, 11) is 0. The molecule has 2 aromatic carbocycles. The van der Waals surface area contributed by atoms with E-state index in [1.165, 1.54) is 60.7 Å². The zero-order valence-corrected chi connectivity index (χ0v) is 17.6. The first-order chi connectivity index (χ1) is 15.1. The average Bonchev–Trinajstić information content (AvgIpc) is 2.75. The highest BCUT2D eigenvalue weighted by Crippen LogP contribution is 2.43. The molecule has 1 atom stereocenters. The van der Waals surface area contributed by atoms with Crippen LogP contribution in [0.5, 0.6) is 5.75 Å². The predicted octanol–water partition coefficient (Wildman–Crippen LogP) is 5.74. The van der Waals surface area contributed by atoms with Gasteiger partial charge in [0, 0.05) is 18.1 Å². The summed E-state index contributed by atoms with van der Waals surface area (Å²) in [5.41, 5.74) is 0.362. The molecule has 0 heterocycles. The van der Waals surface area contributed by atoms with Gasteiger partial charge in [-0.1, -0.05) is 30.4 Å². The fourth-order valence-electron chi connectivity index (χ4n) is 3.74. The molecule has 0 aromatic heterocycles. The van der Waals surface area contributed by atoms with Crippen molar-refractivity contribution in [2.24, 2.45) is 0 Å². The second kappa shape index (κ2) is 9.14. The fraction of sp³-hybridized carbons (Fsp3) is 0.154. The van der Waals surface area contributed by atoms with Gasteiger partial charge in [-0.2, -0.15) is 0 Å². The maximum atomic E-state index is 15.8. The van der Waals surface area contributed by atoms with Crippen molar-refractivity contribution >= 4 is 17.8 Å². The maximum Gasteiger partial charge on any atom is 0.328 e. The largest absolute Gasteiger partial charge is 0.507 e. The minimum Gasteiger partial charge on any atom is -0.507 e. The minimum atomic E-state index is -1.91. The standard InChI is InChI=1S/C26H22F2O4/c1-16-15-21(22(29)9-5-18-3-7-20(27)8-4-18)25(32)17(2)24(16)26(28)13-11-19(12-14-26)6-10-23(30)31/h3-13,15,32H,14H2,1-2H3,(H,30,31)/b9-5+,10-6+. The third-order valence-electron chi connectivity index (χ3n) is 5.31. The highest BCUT2D eigenvalue weighted by atomic mass is 19.1. The molecule has 0 saturated heterocycles. The van der Waals surface area contributed by atoms with Crippen LogP contribution in [-0.2, 0) is 10.5 Å². The second-order valence-electron chi connectivity index (χ2n) is 7.61. The molecule has 0 saturated carbocycles. The Labute approximate surface area is 184 Å². The van der Waals surface area contributed by atoms with E-state index >= 15 is 4.39 Å². The molecule has 1 aliphatic carbocycles. The third kappa shape index (κ3) is 4.91. The van der Waals surface area contributed by atoms with E-state index in [1.807, 2.05) is 0 Å². The molecule has 6 heteroatoms. The van der Waals surface area contributed by atoms with Crippen molar-refractivity contribution < 1.29 is 28.6 Å². The number of benzene rings is 2. The van der Waals surface area contributed by atoms with Crippen molar-refractivity contribution in [3.05, 3.63) is 106 Å². The number of hydrogen-bond donors (Lipinski definition) is 2. The molecule has 0 radical (unpaired) electrons. The Kier molecular flexibility index (Phi) is 6.53. The van der Waals surface area contributed by atoms with Crippen molar-refractivity contribution in [3.8, 4) is 5.75 Å². The molecule has 164 valence electrons. The molecule has 1 unspecified atom stereocenters. The van der Waals surface area contributed by atoms with Crippen LogP contribution in [0.4, 0.5) is 8.78 Å². The molecule has 32 heavy (non-hydrogen) atoms. The van der Waals surface area contributed by atoms with E-state index in [0.29, 0.717) is 16.7 Å². The summed E-state index contributed by atoms with van der Waals surface area (Å²) in [5, 5.41) is 19.4. The lowest BCUT2D eigenvalue weighted by Gasteiger charge is -2.28. The van der Waals surface area contributed by atoms with E-state index in [1.54, 1.807) is 19.9 Å². The van der Waals surface area contributed by atoms with Crippen LogP contribution in [0.15, 0.2) is 72.4 Å². The summed E-state index contributed by atoms with van der Waals surface area (Å²) in [6.45, 7) is 3.22. The first-order valence-electron chi connectivity index (χ1n) is 9.91. The molecule has 0 spiro atoms. The van der Waals surface area contributed by atoms with Crippen LogP contribution < -0.4 is 0 Å². The SMILES string of the molecule is Cc1cc(C(=O)/C=C/c2ccc(F)cc2)c(O)c(C)c1C1(F)C=CC(/C=C/C(=O)O)=CC1. The molecule has 0 amide bonds. The quantitative estimate of drug-likeness (QED) is 0.448. The van der Waals surface area contributed by atoms with Gasteiger partial charge in [-0.05, 0) is 72.5 Å². The Bertz CT molecular complexity index is 1190. The zero-order chi connectivity index (χ0) is 23.5. The van der Waals surface area contributed by atoms with Gasteiger partial charge in [-0.15, -0.1) is 0 Å². The Morgan fingerprint density at radius 2 is 1.78 bits per heavy atom. The monoisotopic (exact) mass is 436 g/mol. The molecule has 2 N–H and O–H groups in total. The molecule has 0 fully saturated rings. The number of alkyl halides is 1. The topological polar surface area (TPSA) is 74.6 Å². The lowest BCUT2D eigenvalue weighted by atomic mass is 9.81. The Morgan fingerprint density at radius 1 is 1.09 bits per heavy atom. The number of carboxylic acids is 1. The Hall–Kier alpha value is -3.80. The number of aryl methyl sites for hydroxylation is 1. The van der Waals surface area contributed by atoms with Crippen molar-refractivity contribution in [2.75, 3.05) is 0 Å². The van der Waals surface area contributed by atoms with Gasteiger partial charge in [0.2, 0.25) is 0 Å². The lowest BCUT2D eigenvalue weighted by molar-refractivity contribution is -0.131. The van der Waals surface area contributed by atoms with E-state index in [9.17, 15) is 19.1 Å². The normalized spacial score (nSPS) is 18.3. The number of carboxylic acid groups (broad SMARTS) is 1. The van der Waals surface area contributed by atoms with Gasteiger partial charge in [0.15, 0.2) is 11.5 Å². The lowest BCUT2D eigenvalue weighted by Crippen LogP contribution is -2.22. The first-order valence-corrected chi connectivity index (χ1v) is 9.91. The van der Waals surface area contributed by atoms with E-state index < -0.39 is 17.4 Å². The average molecular weight is 436 g/mol. The molecule has 3 rings (SSSR count). The number of aliphatic carboxylic acids is 1. The molecule has 0 aliphatic heterocycles. The molecule has 2 aromatic rings. The number of carbonyl (C=O) groups excluding carboxylic acids is 1. The molecule has 4 nitrogen and oxygen atoms in total. The maximum absolute atomic E-state index is 15.8. The van der Waals surface area contributed by atoms with Crippen LogP contribution >= 0.6 is 0 Å². The fourth-order valence-corrected chi connectivity index (χ4v) is 3.74. The number of rotatable bonds is 6. The van der Waals surface area contributed by atoms with Gasteiger partial charge in [0.25, 0.3) is 0 Å². The van der Waals surface area contributed by atoms with Gasteiger partial charge in [0.1, 0.15) is 11.6 Å². The summed E-state index contributed by atoms with van der Waals surface area (Å²) < 4.78 is 28.8. The van der Waals surface area contributed by atoms with Crippen LogP contribution in [0.2, 0.25) is 0 Å². The number of phenols is 1. The first kappa shape index (κ1) is 22.9. The third-order valence-corrected chi connectivity index (χ3v) is 5.31. The van der Waals surface area contributed by atoms with Gasteiger partial charge in [-0.3, -0.25) is 4.79 Å². The zero-order valence-electron chi connectivity index (χ0n) is 17.6. The smallest absolute Gasteiger partial charge is 0.328 e. The summed E-state index contributed by atoms with van der Waals surface area (Å²) in [6.07, 6.45) is 9.51. The second-order valence-corrected chi connectivity index (χ2v) is 7.61. The molecule has 1 aliphatic rings. The summed E-state index contributed by atoms with van der Waals surface area (Å²) >= 11 is 0. The predicted molar refractivity (Wildman–Crippen MR) is 119 cm³/mol. The Balaban J connectivity index is 1.89. The van der Waals surface area contributed by atoms with Gasteiger partial charge >= 0.3 is 5.97 Å². The Morgan fingerprint density at radius 3 is 2.38 bits per heavy atom. The van der Waals surface area contributed by atoms with Crippen LogP contribution in [0.1, 0.15) is 39.0 Å². The number of allylic oxidation sites excluding steroid dienone is 6. The van der Waals surface area contributed by atoms with Crippen molar-refractivity contribution in [1.82, 2.24) is 0 Å². The number of halogens is 2. The van der Waals surface area contributed by atoms with Crippen molar-refractivity contribution in [2.45, 2.75) is 25.9 Å². The number of hydrogen-bond acceptors (Lipinski definition) is 3. The highest BCUT2D eigenvalue weighted by molar-refractivity contribution is 6.09. The van der Waals surface area contributed by atoms with Gasteiger partial charge in [-0.25, -0.2) is 13.6 Å². The molecular weight excluding hydrogens is 414 g/mol. The van der Waals surface area contributed by atoms with E-state index in [4.69, 9.17) is 5.11 Å². The van der Waals surface area contributed by atoms with Crippen LogP contribution in [0.3, 0.4) is 0 Å². The minimum absolute atomic E-state index is 0.0400. The number of aromatic hydroxyl groups is 1. The van der Waals surface area contributed by atoms with Crippen LogP contribution in [0.25, 0.3) is 6.08 Å². The van der Waals surface area contributed by atoms with Crippen LogP contribution in [0, 0.1) is 19.7 Å². The number of carbonyl (C=O) groups is 2. The highest BCUT2D eigenvalue weighted by Gasteiger charge is 2.34. The van der Waals surface area contributed by atoms with Crippen molar-refractivity contribution in [1.29, 1.82) is 0 Å². The van der Waals surface area contributed by atoms with Crippen molar-refractivity contribution in [3.63, 3.8) is 0 Å². The van der Waals surface area contributed by atoms with E-state index in [0.717, 1.165) is 6.08 Å². The molecular formula is C26H22F2O4. The van der Waals surface area contributed by atoms with Crippen LogP contribution in [-0.4, -0.2) is 22.0 Å². The summed E-state index contributed by atoms with van der Waals surface area (Å²) in [6, 6.07) is 7.05. The summed E-state index contributed by atoms with van der Waals surface area (Å²) in [5.74, 6) is -2.24. The van der Waals surface area contributed by atoms with Gasteiger partial charge in [0.05, 0.1) is 5.56 Å². The van der Waals surface area contributed by atoms with E-state index in [2.05, 4.69) is 0 Å². The van der Waals surface area contributed by atoms with E-state index in [-0.39, 0.29) is 34.7 Å².